The summed E-state index contributed by atoms with van der Waals surface area (Å²) >= 11 is 0. The van der Waals surface area contributed by atoms with Gasteiger partial charge in [0.15, 0.2) is 0 Å². The maximum atomic E-state index is 10.8. The number of unbranched alkanes of at least 4 members (excludes halogenated alkanes) is 1. The third-order valence-electron chi connectivity index (χ3n) is 2.43. The van der Waals surface area contributed by atoms with Gasteiger partial charge in [-0.05, 0) is 24.6 Å². The highest BCUT2D eigenvalue weighted by atomic mass is 16.5. The van der Waals surface area contributed by atoms with E-state index in [0.29, 0.717) is 19.0 Å². The standard InChI is InChI=1S/C13H18O4/c1-3-4-7-17-9-11-8-10(13(14)15)5-6-12(11)16-2/h5-6,8H,3-4,7,9H2,1-2H3,(H,14,15). The summed E-state index contributed by atoms with van der Waals surface area (Å²) in [6, 6.07) is 4.77. The fourth-order valence-electron chi connectivity index (χ4n) is 1.45. The minimum Gasteiger partial charge on any atom is -0.496 e. The number of carboxylic acids is 1. The lowest BCUT2D eigenvalue weighted by molar-refractivity contribution is 0.0696. The van der Waals surface area contributed by atoms with Gasteiger partial charge in [-0.2, -0.15) is 0 Å². The van der Waals surface area contributed by atoms with Crippen LogP contribution in [0.3, 0.4) is 0 Å². The molecular weight excluding hydrogens is 220 g/mol. The van der Waals surface area contributed by atoms with Crippen LogP contribution in [0.1, 0.15) is 35.7 Å². The molecule has 0 aromatic heterocycles. The Kier molecular flexibility index (Phi) is 5.49. The molecule has 0 aliphatic heterocycles. The highest BCUT2D eigenvalue weighted by Gasteiger charge is 2.08. The smallest absolute Gasteiger partial charge is 0.335 e. The second-order valence-corrected chi connectivity index (χ2v) is 3.74. The average molecular weight is 238 g/mol. The molecule has 1 rings (SSSR count). The van der Waals surface area contributed by atoms with E-state index in [4.69, 9.17) is 14.6 Å². The van der Waals surface area contributed by atoms with Gasteiger partial charge in [-0.1, -0.05) is 13.3 Å². The van der Waals surface area contributed by atoms with Crippen LogP contribution < -0.4 is 4.74 Å². The SMILES string of the molecule is CCCCOCc1cc(C(=O)O)ccc1OC. The molecule has 0 saturated heterocycles. The zero-order valence-electron chi connectivity index (χ0n) is 10.2. The molecule has 0 bridgehead atoms. The summed E-state index contributed by atoms with van der Waals surface area (Å²) in [5, 5.41) is 8.90. The van der Waals surface area contributed by atoms with Gasteiger partial charge in [-0.3, -0.25) is 0 Å². The Hall–Kier alpha value is -1.55. The van der Waals surface area contributed by atoms with Crippen molar-refractivity contribution >= 4 is 5.97 Å². The van der Waals surface area contributed by atoms with E-state index in [2.05, 4.69) is 6.92 Å². The van der Waals surface area contributed by atoms with Crippen LogP contribution in [0.4, 0.5) is 0 Å². The van der Waals surface area contributed by atoms with Crippen molar-refractivity contribution in [3.63, 3.8) is 0 Å². The normalized spacial score (nSPS) is 10.2. The molecule has 0 unspecified atom stereocenters. The topological polar surface area (TPSA) is 55.8 Å². The highest BCUT2D eigenvalue weighted by molar-refractivity contribution is 5.88. The fourth-order valence-corrected chi connectivity index (χ4v) is 1.45. The number of hydrogen-bond donors (Lipinski definition) is 1. The van der Waals surface area contributed by atoms with Gasteiger partial charge in [0.05, 0.1) is 19.3 Å². The number of hydrogen-bond acceptors (Lipinski definition) is 3. The van der Waals surface area contributed by atoms with Crippen molar-refractivity contribution in [2.24, 2.45) is 0 Å². The minimum atomic E-state index is -0.942. The van der Waals surface area contributed by atoms with Gasteiger partial charge in [-0.15, -0.1) is 0 Å². The van der Waals surface area contributed by atoms with Gasteiger partial charge in [0.25, 0.3) is 0 Å². The van der Waals surface area contributed by atoms with Crippen molar-refractivity contribution in [2.45, 2.75) is 26.4 Å². The summed E-state index contributed by atoms with van der Waals surface area (Å²) < 4.78 is 10.6. The van der Waals surface area contributed by atoms with Crippen molar-refractivity contribution in [1.82, 2.24) is 0 Å². The molecule has 4 nitrogen and oxygen atoms in total. The maximum absolute atomic E-state index is 10.8. The van der Waals surface area contributed by atoms with E-state index in [1.54, 1.807) is 19.2 Å². The molecule has 0 amide bonds. The number of benzene rings is 1. The number of carbonyl (C=O) groups is 1. The van der Waals surface area contributed by atoms with Crippen LogP contribution in [-0.4, -0.2) is 24.8 Å². The predicted octanol–water partition coefficient (Wildman–Crippen LogP) is 2.71. The molecule has 1 aromatic carbocycles. The molecule has 0 fully saturated rings. The monoisotopic (exact) mass is 238 g/mol. The molecule has 0 aliphatic carbocycles. The number of methoxy groups -OCH3 is 1. The first-order chi connectivity index (χ1) is 8.19. The Balaban J connectivity index is 2.72. The Morgan fingerprint density at radius 3 is 2.76 bits per heavy atom. The van der Waals surface area contributed by atoms with E-state index in [1.165, 1.54) is 6.07 Å². The van der Waals surface area contributed by atoms with Crippen LogP contribution in [0.15, 0.2) is 18.2 Å². The quantitative estimate of drug-likeness (QED) is 0.742. The van der Waals surface area contributed by atoms with Gasteiger partial charge in [0.1, 0.15) is 5.75 Å². The summed E-state index contributed by atoms with van der Waals surface area (Å²) in [5.74, 6) is -0.283. The van der Waals surface area contributed by atoms with Crippen LogP contribution in [0.2, 0.25) is 0 Å². The third kappa shape index (κ3) is 4.07. The predicted molar refractivity (Wildman–Crippen MR) is 64.5 cm³/mol. The fraction of sp³-hybridized carbons (Fsp3) is 0.462. The Morgan fingerprint density at radius 1 is 1.41 bits per heavy atom. The molecule has 4 heteroatoms. The molecule has 0 saturated carbocycles. The zero-order valence-corrected chi connectivity index (χ0v) is 10.2. The number of carboxylic acid groups (broad SMARTS) is 1. The van der Waals surface area contributed by atoms with Crippen molar-refractivity contribution < 1.29 is 19.4 Å². The van der Waals surface area contributed by atoms with E-state index in [9.17, 15) is 4.79 Å². The first-order valence-corrected chi connectivity index (χ1v) is 5.67. The van der Waals surface area contributed by atoms with Crippen LogP contribution in [0.25, 0.3) is 0 Å². The van der Waals surface area contributed by atoms with Crippen LogP contribution in [0, 0.1) is 0 Å². The third-order valence-corrected chi connectivity index (χ3v) is 2.43. The minimum absolute atomic E-state index is 0.250. The van der Waals surface area contributed by atoms with Crippen molar-refractivity contribution in [3.8, 4) is 5.75 Å². The molecule has 0 atom stereocenters. The molecular formula is C13H18O4. The molecule has 94 valence electrons. The summed E-state index contributed by atoms with van der Waals surface area (Å²) in [6.07, 6.45) is 2.08. The van der Waals surface area contributed by atoms with Crippen molar-refractivity contribution in [3.05, 3.63) is 29.3 Å². The van der Waals surface area contributed by atoms with E-state index >= 15 is 0 Å². The first kappa shape index (κ1) is 13.5. The van der Waals surface area contributed by atoms with Crippen LogP contribution >= 0.6 is 0 Å². The number of ether oxygens (including phenoxy) is 2. The van der Waals surface area contributed by atoms with Crippen LogP contribution in [-0.2, 0) is 11.3 Å². The molecule has 0 radical (unpaired) electrons. The van der Waals surface area contributed by atoms with Gasteiger partial charge in [0, 0.05) is 12.2 Å². The lowest BCUT2D eigenvalue weighted by Gasteiger charge is -2.09. The second kappa shape index (κ2) is 6.91. The van der Waals surface area contributed by atoms with E-state index in [-0.39, 0.29) is 5.56 Å². The van der Waals surface area contributed by atoms with Crippen molar-refractivity contribution in [2.75, 3.05) is 13.7 Å². The van der Waals surface area contributed by atoms with Gasteiger partial charge in [-0.25, -0.2) is 4.79 Å². The second-order valence-electron chi connectivity index (χ2n) is 3.74. The molecule has 1 N–H and O–H groups in total. The van der Waals surface area contributed by atoms with Crippen LogP contribution in [0.5, 0.6) is 5.75 Å². The molecule has 0 spiro atoms. The molecule has 17 heavy (non-hydrogen) atoms. The average Bonchev–Trinajstić information content (AvgIpc) is 2.34. The summed E-state index contributed by atoms with van der Waals surface area (Å²) in [5.41, 5.74) is 1.02. The largest absolute Gasteiger partial charge is 0.496 e. The van der Waals surface area contributed by atoms with Gasteiger partial charge < -0.3 is 14.6 Å². The van der Waals surface area contributed by atoms with E-state index in [1.807, 2.05) is 0 Å². The van der Waals surface area contributed by atoms with Crippen molar-refractivity contribution in [1.29, 1.82) is 0 Å². The first-order valence-electron chi connectivity index (χ1n) is 5.67. The number of aromatic carboxylic acids is 1. The van der Waals surface area contributed by atoms with E-state index < -0.39 is 5.97 Å². The maximum Gasteiger partial charge on any atom is 0.335 e. The number of rotatable bonds is 7. The lowest BCUT2D eigenvalue weighted by Crippen LogP contribution is -2.02. The molecule has 0 heterocycles. The molecule has 1 aromatic rings. The van der Waals surface area contributed by atoms with Gasteiger partial charge >= 0.3 is 5.97 Å². The zero-order chi connectivity index (χ0) is 12.7. The Bertz CT molecular complexity index is 374. The van der Waals surface area contributed by atoms with E-state index in [0.717, 1.165) is 18.4 Å². The van der Waals surface area contributed by atoms with Gasteiger partial charge in [0.2, 0.25) is 0 Å². The Morgan fingerprint density at radius 2 is 2.18 bits per heavy atom. The summed E-state index contributed by atoms with van der Waals surface area (Å²) in [7, 11) is 1.56. The Labute approximate surface area is 101 Å². The summed E-state index contributed by atoms with van der Waals surface area (Å²) in [4.78, 5) is 10.8. The highest BCUT2D eigenvalue weighted by Crippen LogP contribution is 2.21. The lowest BCUT2D eigenvalue weighted by atomic mass is 10.1. The molecule has 0 aliphatic rings. The summed E-state index contributed by atoms with van der Waals surface area (Å²) in [6.45, 7) is 3.15.